The van der Waals surface area contributed by atoms with Gasteiger partial charge in [0.05, 0.1) is 13.5 Å². The topological polar surface area (TPSA) is 59.4 Å². The summed E-state index contributed by atoms with van der Waals surface area (Å²) in [4.78, 5) is 14.1. The van der Waals surface area contributed by atoms with Gasteiger partial charge in [0.15, 0.2) is 0 Å². The molecule has 1 aromatic heterocycles. The van der Waals surface area contributed by atoms with Crippen molar-refractivity contribution < 1.29 is 23.4 Å². The highest BCUT2D eigenvalue weighted by Gasteiger charge is 2.17. The van der Waals surface area contributed by atoms with Crippen LogP contribution in [0, 0.1) is 6.92 Å². The summed E-state index contributed by atoms with van der Waals surface area (Å²) < 4.78 is 29.7. The molecular weight excluding hydrogens is 220 g/mol. The Morgan fingerprint density at radius 1 is 1.62 bits per heavy atom. The van der Waals surface area contributed by atoms with Crippen LogP contribution < -0.4 is 4.74 Å². The van der Waals surface area contributed by atoms with Gasteiger partial charge in [-0.15, -0.1) is 0 Å². The molecule has 0 saturated heterocycles. The molecule has 16 heavy (non-hydrogen) atoms. The molecule has 0 aliphatic heterocycles. The number of ether oxygens (including phenoxy) is 1. The molecule has 1 rings (SSSR count). The van der Waals surface area contributed by atoms with Crippen molar-refractivity contribution in [2.24, 2.45) is 0 Å². The number of pyridine rings is 1. The number of carboxylic acids is 1. The highest BCUT2D eigenvalue weighted by atomic mass is 19.3. The molecule has 88 valence electrons. The maximum atomic E-state index is 12.4. The molecule has 4 nitrogen and oxygen atoms in total. The number of carbonyl (C=O) groups is 1. The van der Waals surface area contributed by atoms with Crippen molar-refractivity contribution in [2.45, 2.75) is 19.8 Å². The summed E-state index contributed by atoms with van der Waals surface area (Å²) in [7, 11) is 1.27. The van der Waals surface area contributed by atoms with Crippen LogP contribution >= 0.6 is 0 Å². The maximum Gasteiger partial charge on any atom is 0.308 e. The van der Waals surface area contributed by atoms with Crippen LogP contribution in [0.4, 0.5) is 8.78 Å². The molecule has 0 fully saturated rings. The number of halogens is 2. The molecule has 0 aromatic carbocycles. The highest BCUT2D eigenvalue weighted by Crippen LogP contribution is 2.26. The molecule has 6 heteroatoms. The van der Waals surface area contributed by atoms with E-state index in [-0.39, 0.29) is 12.3 Å². The van der Waals surface area contributed by atoms with E-state index >= 15 is 0 Å². The first-order valence-corrected chi connectivity index (χ1v) is 4.50. The van der Waals surface area contributed by atoms with Crippen LogP contribution in [0.25, 0.3) is 0 Å². The van der Waals surface area contributed by atoms with Gasteiger partial charge in [0.1, 0.15) is 5.69 Å². The lowest BCUT2D eigenvalue weighted by Crippen LogP contribution is -2.07. The number of hydrogen-bond donors (Lipinski definition) is 1. The lowest BCUT2D eigenvalue weighted by Gasteiger charge is -2.11. The number of hydrogen-bond acceptors (Lipinski definition) is 3. The van der Waals surface area contributed by atoms with E-state index in [0.717, 1.165) is 0 Å². The van der Waals surface area contributed by atoms with Crippen LogP contribution in [-0.2, 0) is 11.2 Å². The summed E-state index contributed by atoms with van der Waals surface area (Å²) in [6.07, 6.45) is -3.00. The average Bonchev–Trinajstić information content (AvgIpc) is 2.19. The Morgan fingerprint density at radius 2 is 2.25 bits per heavy atom. The summed E-state index contributed by atoms with van der Waals surface area (Å²) >= 11 is 0. The zero-order valence-corrected chi connectivity index (χ0v) is 8.83. The molecule has 0 radical (unpaired) electrons. The van der Waals surface area contributed by atoms with Crippen molar-refractivity contribution in [3.8, 4) is 5.88 Å². The molecule has 0 aliphatic carbocycles. The minimum atomic E-state index is -2.70. The smallest absolute Gasteiger partial charge is 0.308 e. The number of carboxylic acid groups (broad SMARTS) is 1. The predicted molar refractivity (Wildman–Crippen MR) is 51.8 cm³/mol. The monoisotopic (exact) mass is 231 g/mol. The van der Waals surface area contributed by atoms with Crippen molar-refractivity contribution >= 4 is 5.97 Å². The Morgan fingerprint density at radius 3 is 2.69 bits per heavy atom. The molecule has 0 bridgehead atoms. The van der Waals surface area contributed by atoms with Crippen molar-refractivity contribution in [3.63, 3.8) is 0 Å². The van der Waals surface area contributed by atoms with Crippen LogP contribution in [0.5, 0.6) is 5.88 Å². The van der Waals surface area contributed by atoms with E-state index in [1.165, 1.54) is 13.2 Å². The van der Waals surface area contributed by atoms with Gasteiger partial charge in [-0.05, 0) is 18.6 Å². The maximum absolute atomic E-state index is 12.4. The molecule has 0 saturated carbocycles. The van der Waals surface area contributed by atoms with E-state index in [1.54, 1.807) is 6.92 Å². The van der Waals surface area contributed by atoms with E-state index in [2.05, 4.69) is 4.98 Å². The standard InChI is InChI=1S/C10H11F2NO3/c1-5-3-7(9(11)12)13-10(16-2)6(5)4-8(14)15/h3,9H,4H2,1-2H3,(H,14,15). The fraction of sp³-hybridized carbons (Fsp3) is 0.400. The van der Waals surface area contributed by atoms with Crippen LogP contribution in [0.15, 0.2) is 6.07 Å². The number of aromatic nitrogens is 1. The molecule has 0 aliphatic rings. The molecular formula is C10H11F2NO3. The van der Waals surface area contributed by atoms with Crippen molar-refractivity contribution in [2.75, 3.05) is 7.11 Å². The van der Waals surface area contributed by atoms with E-state index in [9.17, 15) is 13.6 Å². The average molecular weight is 231 g/mol. The Bertz CT molecular complexity index is 407. The largest absolute Gasteiger partial charge is 0.481 e. The number of aryl methyl sites for hydroxylation is 1. The Kier molecular flexibility index (Phi) is 3.76. The Labute approximate surface area is 90.9 Å². The Hall–Kier alpha value is -1.72. The molecule has 1 heterocycles. The van der Waals surface area contributed by atoms with Gasteiger partial charge in [-0.3, -0.25) is 4.79 Å². The quantitative estimate of drug-likeness (QED) is 0.860. The normalized spacial score (nSPS) is 10.6. The molecule has 0 atom stereocenters. The third-order valence-corrected chi connectivity index (χ3v) is 2.07. The zero-order valence-electron chi connectivity index (χ0n) is 8.83. The molecule has 1 aromatic rings. The van der Waals surface area contributed by atoms with Crippen molar-refractivity contribution in [1.82, 2.24) is 4.98 Å². The first kappa shape index (κ1) is 12.4. The Balaban J connectivity index is 3.22. The van der Waals surface area contributed by atoms with Crippen molar-refractivity contribution in [1.29, 1.82) is 0 Å². The van der Waals surface area contributed by atoms with E-state index in [4.69, 9.17) is 9.84 Å². The first-order valence-electron chi connectivity index (χ1n) is 4.50. The van der Waals surface area contributed by atoms with Gasteiger partial charge in [-0.25, -0.2) is 13.8 Å². The van der Waals surface area contributed by atoms with Gasteiger partial charge in [0.2, 0.25) is 5.88 Å². The molecule has 0 amide bonds. The van der Waals surface area contributed by atoms with Gasteiger partial charge in [0.25, 0.3) is 6.43 Å². The van der Waals surface area contributed by atoms with Gasteiger partial charge in [-0.2, -0.15) is 0 Å². The lowest BCUT2D eigenvalue weighted by molar-refractivity contribution is -0.136. The fourth-order valence-corrected chi connectivity index (χ4v) is 1.34. The van der Waals surface area contributed by atoms with Gasteiger partial charge in [-0.1, -0.05) is 0 Å². The van der Waals surface area contributed by atoms with Crippen LogP contribution in [0.2, 0.25) is 0 Å². The number of alkyl halides is 2. The van der Waals surface area contributed by atoms with Crippen LogP contribution in [-0.4, -0.2) is 23.2 Å². The van der Waals surface area contributed by atoms with E-state index in [0.29, 0.717) is 11.1 Å². The lowest BCUT2D eigenvalue weighted by atomic mass is 10.1. The fourth-order valence-electron chi connectivity index (χ4n) is 1.34. The summed E-state index contributed by atoms with van der Waals surface area (Å²) in [5, 5.41) is 8.66. The van der Waals surface area contributed by atoms with Gasteiger partial charge < -0.3 is 9.84 Å². The SMILES string of the molecule is COc1nc(C(F)F)cc(C)c1CC(=O)O. The molecule has 1 N–H and O–H groups in total. The van der Waals surface area contributed by atoms with Gasteiger partial charge in [0, 0.05) is 5.56 Å². The summed E-state index contributed by atoms with van der Waals surface area (Å²) in [5.41, 5.74) is 0.340. The summed E-state index contributed by atoms with van der Waals surface area (Å²) in [5.74, 6) is -1.12. The third-order valence-electron chi connectivity index (χ3n) is 2.07. The van der Waals surface area contributed by atoms with Crippen LogP contribution in [0.1, 0.15) is 23.2 Å². The van der Waals surface area contributed by atoms with Gasteiger partial charge >= 0.3 is 5.97 Å². The predicted octanol–water partition coefficient (Wildman–Crippen LogP) is 1.96. The number of methoxy groups -OCH3 is 1. The number of rotatable bonds is 4. The number of nitrogens with zero attached hydrogens (tertiary/aromatic N) is 1. The van der Waals surface area contributed by atoms with E-state index < -0.39 is 18.1 Å². The number of aliphatic carboxylic acids is 1. The summed E-state index contributed by atoms with van der Waals surface area (Å²) in [6.45, 7) is 1.55. The second kappa shape index (κ2) is 4.87. The summed E-state index contributed by atoms with van der Waals surface area (Å²) in [6, 6.07) is 1.17. The molecule has 0 unspecified atom stereocenters. The first-order chi connectivity index (χ1) is 7.45. The third kappa shape index (κ3) is 2.65. The zero-order chi connectivity index (χ0) is 12.3. The second-order valence-corrected chi connectivity index (χ2v) is 3.22. The van der Waals surface area contributed by atoms with E-state index in [1.807, 2.05) is 0 Å². The second-order valence-electron chi connectivity index (χ2n) is 3.22. The minimum absolute atomic E-state index is 0.0577. The molecule has 0 spiro atoms. The highest BCUT2D eigenvalue weighted by molar-refractivity contribution is 5.71. The van der Waals surface area contributed by atoms with Crippen molar-refractivity contribution in [3.05, 3.63) is 22.9 Å². The van der Waals surface area contributed by atoms with Crippen LogP contribution in [0.3, 0.4) is 0 Å². The minimum Gasteiger partial charge on any atom is -0.481 e.